The SMILES string of the molecule is CCOC(C(C)C)C(NC)c1cc(OC)ccc1OC. The van der Waals surface area contributed by atoms with Crippen LogP contribution in [0.4, 0.5) is 0 Å². The Kier molecular flexibility index (Phi) is 6.82. The number of ether oxygens (including phenoxy) is 3. The zero-order valence-corrected chi connectivity index (χ0v) is 13.4. The highest BCUT2D eigenvalue weighted by Crippen LogP contribution is 2.34. The van der Waals surface area contributed by atoms with Gasteiger partial charge in [-0.15, -0.1) is 0 Å². The summed E-state index contributed by atoms with van der Waals surface area (Å²) < 4.78 is 16.7. The summed E-state index contributed by atoms with van der Waals surface area (Å²) in [6.07, 6.45) is 0.0750. The highest BCUT2D eigenvalue weighted by atomic mass is 16.5. The van der Waals surface area contributed by atoms with Gasteiger partial charge in [-0.05, 0) is 38.1 Å². The predicted molar refractivity (Wildman–Crippen MR) is 81.6 cm³/mol. The Bertz CT molecular complexity index is 407. The molecule has 0 aliphatic rings. The molecule has 1 aromatic carbocycles. The van der Waals surface area contributed by atoms with Gasteiger partial charge in [-0.1, -0.05) is 13.8 Å². The Hall–Kier alpha value is -1.26. The normalized spacial score (nSPS) is 14.2. The Labute approximate surface area is 122 Å². The van der Waals surface area contributed by atoms with Crippen LogP contribution in [0.1, 0.15) is 32.4 Å². The van der Waals surface area contributed by atoms with E-state index in [9.17, 15) is 0 Å². The number of nitrogens with one attached hydrogen (secondary N) is 1. The zero-order chi connectivity index (χ0) is 15.1. The maximum atomic E-state index is 5.92. The van der Waals surface area contributed by atoms with E-state index < -0.39 is 0 Å². The molecule has 2 atom stereocenters. The van der Waals surface area contributed by atoms with Crippen molar-refractivity contribution in [3.05, 3.63) is 23.8 Å². The van der Waals surface area contributed by atoms with Gasteiger partial charge in [0.05, 0.1) is 26.4 Å². The van der Waals surface area contributed by atoms with Crippen LogP contribution in [0.3, 0.4) is 0 Å². The minimum Gasteiger partial charge on any atom is -0.497 e. The number of hydrogen-bond donors (Lipinski definition) is 1. The molecule has 0 radical (unpaired) electrons. The van der Waals surface area contributed by atoms with Crippen LogP contribution in [-0.4, -0.2) is 34.0 Å². The molecule has 1 N–H and O–H groups in total. The largest absolute Gasteiger partial charge is 0.497 e. The molecule has 0 amide bonds. The van der Waals surface area contributed by atoms with E-state index in [1.54, 1.807) is 14.2 Å². The van der Waals surface area contributed by atoms with Crippen molar-refractivity contribution < 1.29 is 14.2 Å². The van der Waals surface area contributed by atoms with Gasteiger partial charge >= 0.3 is 0 Å². The van der Waals surface area contributed by atoms with Gasteiger partial charge in [0.15, 0.2) is 0 Å². The number of rotatable bonds is 8. The number of hydrogen-bond acceptors (Lipinski definition) is 4. The van der Waals surface area contributed by atoms with Gasteiger partial charge in [-0.2, -0.15) is 0 Å². The quantitative estimate of drug-likeness (QED) is 0.795. The van der Waals surface area contributed by atoms with Gasteiger partial charge < -0.3 is 19.5 Å². The average Bonchev–Trinajstić information content (AvgIpc) is 2.46. The highest BCUT2D eigenvalue weighted by molar-refractivity contribution is 5.42. The maximum Gasteiger partial charge on any atom is 0.124 e. The molecule has 0 heterocycles. The number of likely N-dealkylation sites (N-methyl/N-ethyl adjacent to an activating group) is 1. The van der Waals surface area contributed by atoms with E-state index >= 15 is 0 Å². The molecule has 0 aromatic heterocycles. The van der Waals surface area contributed by atoms with Gasteiger partial charge in [0, 0.05) is 12.2 Å². The van der Waals surface area contributed by atoms with Crippen molar-refractivity contribution in [3.8, 4) is 11.5 Å². The fourth-order valence-electron chi connectivity index (χ4n) is 2.45. The second-order valence-corrected chi connectivity index (χ2v) is 5.04. The lowest BCUT2D eigenvalue weighted by molar-refractivity contribution is 0.00406. The Morgan fingerprint density at radius 3 is 2.30 bits per heavy atom. The van der Waals surface area contributed by atoms with Crippen molar-refractivity contribution in [2.24, 2.45) is 5.92 Å². The summed E-state index contributed by atoms with van der Waals surface area (Å²) in [5, 5.41) is 3.35. The molecule has 0 spiro atoms. The van der Waals surface area contributed by atoms with Crippen LogP contribution in [0.25, 0.3) is 0 Å². The summed E-state index contributed by atoms with van der Waals surface area (Å²) in [5.74, 6) is 2.05. The van der Waals surface area contributed by atoms with Crippen LogP contribution in [0.5, 0.6) is 11.5 Å². The van der Waals surface area contributed by atoms with Crippen molar-refractivity contribution in [2.45, 2.75) is 32.9 Å². The lowest BCUT2D eigenvalue weighted by atomic mass is 9.92. The van der Waals surface area contributed by atoms with Crippen molar-refractivity contribution in [2.75, 3.05) is 27.9 Å². The monoisotopic (exact) mass is 281 g/mol. The van der Waals surface area contributed by atoms with Gasteiger partial charge in [-0.25, -0.2) is 0 Å². The minimum atomic E-state index is 0.0556. The summed E-state index contributed by atoms with van der Waals surface area (Å²) in [5.41, 5.74) is 1.06. The third-order valence-electron chi connectivity index (χ3n) is 3.43. The first kappa shape index (κ1) is 16.8. The smallest absolute Gasteiger partial charge is 0.124 e. The zero-order valence-electron chi connectivity index (χ0n) is 13.4. The fourth-order valence-corrected chi connectivity index (χ4v) is 2.45. The Morgan fingerprint density at radius 1 is 1.15 bits per heavy atom. The van der Waals surface area contributed by atoms with Gasteiger partial charge in [0.1, 0.15) is 11.5 Å². The molecule has 0 fully saturated rings. The van der Waals surface area contributed by atoms with Gasteiger partial charge in [0.2, 0.25) is 0 Å². The second kappa shape index (κ2) is 8.12. The predicted octanol–water partition coefficient (Wildman–Crippen LogP) is 3.03. The van der Waals surface area contributed by atoms with E-state index in [1.165, 1.54) is 0 Å². The van der Waals surface area contributed by atoms with Crippen LogP contribution in [0.2, 0.25) is 0 Å². The molecule has 0 aliphatic heterocycles. The molecule has 1 rings (SSSR count). The minimum absolute atomic E-state index is 0.0556. The lowest BCUT2D eigenvalue weighted by Crippen LogP contribution is -2.35. The van der Waals surface area contributed by atoms with E-state index in [1.807, 2.05) is 32.2 Å². The number of benzene rings is 1. The molecule has 4 nitrogen and oxygen atoms in total. The van der Waals surface area contributed by atoms with Crippen LogP contribution in [-0.2, 0) is 4.74 Å². The Morgan fingerprint density at radius 2 is 1.85 bits per heavy atom. The number of methoxy groups -OCH3 is 2. The van der Waals surface area contributed by atoms with Gasteiger partial charge in [-0.3, -0.25) is 0 Å². The highest BCUT2D eigenvalue weighted by Gasteiger charge is 2.28. The maximum absolute atomic E-state index is 5.92. The molecule has 2 unspecified atom stereocenters. The third kappa shape index (κ3) is 3.87. The third-order valence-corrected chi connectivity index (χ3v) is 3.43. The van der Waals surface area contributed by atoms with E-state index in [2.05, 4.69) is 19.2 Å². The van der Waals surface area contributed by atoms with Crippen molar-refractivity contribution in [3.63, 3.8) is 0 Å². The molecular formula is C16H27NO3. The van der Waals surface area contributed by atoms with E-state index in [0.717, 1.165) is 17.1 Å². The molecule has 0 aliphatic carbocycles. The van der Waals surface area contributed by atoms with Crippen LogP contribution in [0.15, 0.2) is 18.2 Å². The van der Waals surface area contributed by atoms with E-state index in [4.69, 9.17) is 14.2 Å². The molecule has 1 aromatic rings. The first-order chi connectivity index (χ1) is 9.58. The topological polar surface area (TPSA) is 39.7 Å². The molecule has 0 bridgehead atoms. The summed E-state index contributed by atoms with van der Waals surface area (Å²) in [4.78, 5) is 0. The summed E-state index contributed by atoms with van der Waals surface area (Å²) in [7, 11) is 5.30. The van der Waals surface area contributed by atoms with E-state index in [-0.39, 0.29) is 12.1 Å². The average molecular weight is 281 g/mol. The van der Waals surface area contributed by atoms with Crippen molar-refractivity contribution in [1.82, 2.24) is 5.32 Å². The molecular weight excluding hydrogens is 254 g/mol. The van der Waals surface area contributed by atoms with Crippen molar-refractivity contribution in [1.29, 1.82) is 0 Å². The van der Waals surface area contributed by atoms with E-state index in [0.29, 0.717) is 12.5 Å². The Balaban J connectivity index is 3.20. The standard InChI is InChI=1S/C16H27NO3/c1-7-20-16(11(2)3)15(17-4)13-10-12(18-5)8-9-14(13)19-6/h8-11,15-17H,7H2,1-6H3. The molecule has 114 valence electrons. The van der Waals surface area contributed by atoms with Crippen molar-refractivity contribution >= 4 is 0 Å². The molecule has 0 saturated heterocycles. The molecule has 0 saturated carbocycles. The van der Waals surface area contributed by atoms with Gasteiger partial charge in [0.25, 0.3) is 0 Å². The molecule has 20 heavy (non-hydrogen) atoms. The molecule has 4 heteroatoms. The summed E-state index contributed by atoms with van der Waals surface area (Å²) in [6.45, 7) is 7.03. The van der Waals surface area contributed by atoms with Crippen LogP contribution < -0.4 is 14.8 Å². The first-order valence-electron chi connectivity index (χ1n) is 7.09. The summed E-state index contributed by atoms with van der Waals surface area (Å²) >= 11 is 0. The van der Waals surface area contributed by atoms with Crippen LogP contribution >= 0.6 is 0 Å². The van der Waals surface area contributed by atoms with Crippen LogP contribution in [0, 0.1) is 5.92 Å². The summed E-state index contributed by atoms with van der Waals surface area (Å²) in [6, 6.07) is 5.90. The first-order valence-corrected chi connectivity index (χ1v) is 7.09. The lowest BCUT2D eigenvalue weighted by Gasteiger charge is -2.31. The fraction of sp³-hybridized carbons (Fsp3) is 0.625. The second-order valence-electron chi connectivity index (χ2n) is 5.04.